The molecule has 0 saturated heterocycles. The van der Waals surface area contributed by atoms with Gasteiger partial charge in [0.05, 0.1) is 4.90 Å². The minimum absolute atomic E-state index is 0.0502. The van der Waals surface area contributed by atoms with E-state index in [0.717, 1.165) is 4.31 Å². The molecule has 0 unspecified atom stereocenters. The zero-order valence-electron chi connectivity index (χ0n) is 13.5. The van der Waals surface area contributed by atoms with Crippen molar-refractivity contribution in [1.29, 1.82) is 0 Å². The highest BCUT2D eigenvalue weighted by molar-refractivity contribution is 7.89. The number of hydrogen-bond acceptors (Lipinski definition) is 3. The lowest BCUT2D eigenvalue weighted by Crippen LogP contribution is -2.27. The van der Waals surface area contributed by atoms with E-state index < -0.39 is 15.9 Å². The largest absolute Gasteiger partial charge is 0.352 e. The highest BCUT2D eigenvalue weighted by Gasteiger charge is 2.18. The van der Waals surface area contributed by atoms with Crippen LogP contribution in [0.4, 0.5) is 4.39 Å². The van der Waals surface area contributed by atoms with Gasteiger partial charge in [0.15, 0.2) is 0 Å². The Morgan fingerprint density at radius 2 is 1.83 bits per heavy atom. The third-order valence-corrected chi connectivity index (χ3v) is 5.32. The molecule has 0 spiro atoms. The number of hydrogen-bond donors (Lipinski definition) is 1. The lowest BCUT2D eigenvalue weighted by molar-refractivity contribution is 0.0954. The summed E-state index contributed by atoms with van der Waals surface area (Å²) in [6.07, 6.45) is 0.355. The molecule has 0 fully saturated rings. The third kappa shape index (κ3) is 4.18. The summed E-state index contributed by atoms with van der Waals surface area (Å²) in [7, 11) is -0.744. The van der Waals surface area contributed by atoms with Gasteiger partial charge in [0, 0.05) is 26.2 Å². The van der Waals surface area contributed by atoms with Gasteiger partial charge < -0.3 is 5.32 Å². The molecule has 128 valence electrons. The number of halogens is 1. The molecule has 2 rings (SSSR count). The summed E-state index contributed by atoms with van der Waals surface area (Å²) in [5.74, 6) is -0.715. The third-order valence-electron chi connectivity index (χ3n) is 3.51. The van der Waals surface area contributed by atoms with Crippen molar-refractivity contribution in [3.05, 3.63) is 65.5 Å². The quantitative estimate of drug-likeness (QED) is 0.867. The fourth-order valence-corrected chi connectivity index (χ4v) is 3.07. The highest BCUT2D eigenvalue weighted by atomic mass is 32.2. The molecule has 0 aliphatic carbocycles. The maximum atomic E-state index is 13.5. The van der Waals surface area contributed by atoms with Crippen molar-refractivity contribution in [3.63, 3.8) is 0 Å². The molecule has 0 aliphatic rings. The fraction of sp³-hybridized carbons (Fsp3) is 0.235. The van der Waals surface area contributed by atoms with Gasteiger partial charge in [0.25, 0.3) is 5.91 Å². The molecular formula is C17H19FN2O3S. The van der Waals surface area contributed by atoms with Crippen molar-refractivity contribution < 1.29 is 17.6 Å². The molecule has 1 N–H and O–H groups in total. The van der Waals surface area contributed by atoms with Gasteiger partial charge in [-0.1, -0.05) is 24.3 Å². The highest BCUT2D eigenvalue weighted by Crippen LogP contribution is 2.15. The van der Waals surface area contributed by atoms with Crippen LogP contribution in [0.3, 0.4) is 0 Å². The topological polar surface area (TPSA) is 66.5 Å². The maximum absolute atomic E-state index is 13.5. The van der Waals surface area contributed by atoms with E-state index >= 15 is 0 Å². The first-order chi connectivity index (χ1) is 11.3. The number of nitrogens with zero attached hydrogens (tertiary/aromatic N) is 1. The van der Waals surface area contributed by atoms with Crippen molar-refractivity contribution in [2.24, 2.45) is 0 Å². The number of sulfonamides is 1. The van der Waals surface area contributed by atoms with Crippen LogP contribution in [-0.2, 0) is 16.4 Å². The Kier molecular flexibility index (Phi) is 5.69. The molecule has 5 nitrogen and oxygen atoms in total. The predicted molar refractivity (Wildman–Crippen MR) is 89.8 cm³/mol. The molecule has 0 atom stereocenters. The molecule has 0 bridgehead atoms. The molecule has 1 amide bonds. The van der Waals surface area contributed by atoms with Crippen molar-refractivity contribution in [2.75, 3.05) is 20.6 Å². The summed E-state index contributed by atoms with van der Waals surface area (Å²) >= 11 is 0. The summed E-state index contributed by atoms with van der Waals surface area (Å²) in [4.78, 5) is 12.2. The standard InChI is InChI=1S/C17H19FN2O3S/c1-20(2)24(22,23)15-8-5-7-14(12-15)17(21)19-11-10-13-6-3-4-9-16(13)18/h3-9,12H,10-11H2,1-2H3,(H,19,21). The first kappa shape index (κ1) is 18.1. The van der Waals surface area contributed by atoms with E-state index in [1.165, 1.54) is 44.4 Å². The van der Waals surface area contributed by atoms with E-state index in [2.05, 4.69) is 5.32 Å². The monoisotopic (exact) mass is 350 g/mol. The SMILES string of the molecule is CN(C)S(=O)(=O)c1cccc(C(=O)NCCc2ccccc2F)c1. The van der Waals surface area contributed by atoms with Crippen LogP contribution in [0.15, 0.2) is 53.4 Å². The van der Waals surface area contributed by atoms with Crippen molar-refractivity contribution in [2.45, 2.75) is 11.3 Å². The zero-order chi connectivity index (χ0) is 17.7. The second-order valence-corrected chi connectivity index (χ2v) is 7.56. The Hall–Kier alpha value is -2.25. The summed E-state index contributed by atoms with van der Waals surface area (Å²) in [6.45, 7) is 0.254. The van der Waals surface area contributed by atoms with Gasteiger partial charge in [-0.3, -0.25) is 4.79 Å². The minimum Gasteiger partial charge on any atom is -0.352 e. The number of rotatable bonds is 6. The zero-order valence-corrected chi connectivity index (χ0v) is 14.3. The van der Waals surface area contributed by atoms with Crippen LogP contribution in [0.5, 0.6) is 0 Å². The molecule has 0 heterocycles. The van der Waals surface area contributed by atoms with Crippen LogP contribution >= 0.6 is 0 Å². The van der Waals surface area contributed by atoms with Crippen LogP contribution < -0.4 is 5.32 Å². The van der Waals surface area contributed by atoms with E-state index in [1.54, 1.807) is 18.2 Å². The Morgan fingerprint density at radius 3 is 2.50 bits per heavy atom. The average Bonchev–Trinajstić information content (AvgIpc) is 2.56. The summed E-state index contributed by atoms with van der Waals surface area (Å²) in [5, 5.41) is 2.67. The molecule has 0 radical (unpaired) electrons. The minimum atomic E-state index is -3.60. The number of benzene rings is 2. The smallest absolute Gasteiger partial charge is 0.251 e. The summed E-state index contributed by atoms with van der Waals surface area (Å²) < 4.78 is 38.8. The molecule has 2 aromatic rings. The van der Waals surface area contributed by atoms with E-state index in [0.29, 0.717) is 12.0 Å². The van der Waals surface area contributed by atoms with E-state index in [-0.39, 0.29) is 22.8 Å². The molecule has 0 aromatic heterocycles. The van der Waals surface area contributed by atoms with Crippen LogP contribution in [0, 0.1) is 5.82 Å². The second kappa shape index (κ2) is 7.55. The predicted octanol–water partition coefficient (Wildman–Crippen LogP) is 2.05. The van der Waals surface area contributed by atoms with E-state index in [1.807, 2.05) is 0 Å². The number of nitrogens with one attached hydrogen (secondary N) is 1. The van der Waals surface area contributed by atoms with Gasteiger partial charge >= 0.3 is 0 Å². The van der Waals surface area contributed by atoms with Crippen molar-refractivity contribution in [1.82, 2.24) is 9.62 Å². The van der Waals surface area contributed by atoms with Crippen molar-refractivity contribution >= 4 is 15.9 Å². The normalized spacial score (nSPS) is 11.5. The number of carbonyl (C=O) groups is 1. The number of carbonyl (C=O) groups excluding carboxylic acids is 1. The molecule has 2 aromatic carbocycles. The van der Waals surface area contributed by atoms with Gasteiger partial charge in [-0.2, -0.15) is 0 Å². The molecular weight excluding hydrogens is 331 g/mol. The first-order valence-corrected chi connectivity index (χ1v) is 8.80. The summed E-state index contributed by atoms with van der Waals surface area (Å²) in [6, 6.07) is 12.2. The summed E-state index contributed by atoms with van der Waals surface area (Å²) in [5.41, 5.74) is 0.758. The Bertz CT molecular complexity index is 835. The van der Waals surface area contributed by atoms with Crippen molar-refractivity contribution in [3.8, 4) is 0 Å². The van der Waals surface area contributed by atoms with Gasteiger partial charge in [0.2, 0.25) is 10.0 Å². The average molecular weight is 350 g/mol. The van der Waals surface area contributed by atoms with E-state index in [4.69, 9.17) is 0 Å². The molecule has 0 aliphatic heterocycles. The van der Waals surface area contributed by atoms with Gasteiger partial charge in [-0.15, -0.1) is 0 Å². The van der Waals surface area contributed by atoms with Gasteiger partial charge in [0.1, 0.15) is 5.82 Å². The van der Waals surface area contributed by atoms with Crippen LogP contribution in [-0.4, -0.2) is 39.3 Å². The Morgan fingerprint density at radius 1 is 1.12 bits per heavy atom. The molecule has 7 heteroatoms. The van der Waals surface area contributed by atoms with Gasteiger partial charge in [-0.25, -0.2) is 17.1 Å². The lowest BCUT2D eigenvalue weighted by atomic mass is 10.1. The number of amides is 1. The Balaban J connectivity index is 2.04. The first-order valence-electron chi connectivity index (χ1n) is 7.36. The Labute approximate surface area is 141 Å². The molecule has 0 saturated carbocycles. The van der Waals surface area contributed by atoms with Gasteiger partial charge in [-0.05, 0) is 36.2 Å². The fourth-order valence-electron chi connectivity index (χ4n) is 2.12. The van der Waals surface area contributed by atoms with Crippen LogP contribution in [0.2, 0.25) is 0 Å². The van der Waals surface area contributed by atoms with E-state index in [9.17, 15) is 17.6 Å². The van der Waals surface area contributed by atoms with Crippen LogP contribution in [0.1, 0.15) is 15.9 Å². The second-order valence-electron chi connectivity index (χ2n) is 5.41. The van der Waals surface area contributed by atoms with Crippen LogP contribution in [0.25, 0.3) is 0 Å². The maximum Gasteiger partial charge on any atom is 0.251 e. The molecule has 24 heavy (non-hydrogen) atoms. The lowest BCUT2D eigenvalue weighted by Gasteiger charge is -2.12.